The van der Waals surface area contributed by atoms with Crippen molar-refractivity contribution in [3.05, 3.63) is 91.0 Å². The molecule has 0 aliphatic rings. The molecule has 0 spiro atoms. The van der Waals surface area contributed by atoms with Gasteiger partial charge in [-0.05, 0) is 0 Å². The van der Waals surface area contributed by atoms with Crippen LogP contribution in [0.2, 0.25) is 0 Å². The fourth-order valence-corrected chi connectivity index (χ4v) is 4.87. The fourth-order valence-electron chi connectivity index (χ4n) is 2.28. The van der Waals surface area contributed by atoms with Crippen LogP contribution in [0.3, 0.4) is 0 Å². The zero-order valence-corrected chi connectivity index (χ0v) is 18.7. The molecule has 3 rings (SSSR count). The second-order valence-corrected chi connectivity index (χ2v) is 9.60. The zero-order valence-electron chi connectivity index (χ0n) is 14.6. The van der Waals surface area contributed by atoms with E-state index >= 15 is 0 Å². The summed E-state index contributed by atoms with van der Waals surface area (Å²) < 4.78 is 71.3. The third-order valence-electron chi connectivity index (χ3n) is 3.56. The summed E-state index contributed by atoms with van der Waals surface area (Å²) in [5.74, 6) is 0. The van der Waals surface area contributed by atoms with Crippen molar-refractivity contribution in [2.24, 2.45) is 0 Å². The van der Waals surface area contributed by atoms with Crippen molar-refractivity contribution in [2.75, 3.05) is 0 Å². The van der Waals surface area contributed by atoms with Gasteiger partial charge in [-0.3, -0.25) is 4.55 Å². The van der Waals surface area contributed by atoms with Crippen molar-refractivity contribution in [2.45, 2.75) is 5.51 Å². The molecule has 0 atom stereocenters. The van der Waals surface area contributed by atoms with Crippen LogP contribution in [-0.2, 0) is 34.8 Å². The molecule has 157 valence electrons. The first-order valence-electron chi connectivity index (χ1n) is 7.79. The van der Waals surface area contributed by atoms with Crippen molar-refractivity contribution in [1.82, 2.24) is 0 Å². The first-order valence-corrected chi connectivity index (χ1v) is 10.9. The summed E-state index contributed by atoms with van der Waals surface area (Å²) in [5, 5.41) is 2.43. The Bertz CT molecular complexity index is 942. The van der Waals surface area contributed by atoms with Gasteiger partial charge in [-0.15, -0.1) is 0 Å². The summed E-state index contributed by atoms with van der Waals surface area (Å²) in [6, 6.07) is 29.9. The largest absolute Gasteiger partial charge is 0.522 e. The van der Waals surface area contributed by atoms with Crippen LogP contribution >= 0.6 is 7.14 Å². The van der Waals surface area contributed by atoms with Gasteiger partial charge in [-0.1, -0.05) is 66.0 Å². The Morgan fingerprint density at radius 2 is 1.17 bits per heavy atom. The van der Waals surface area contributed by atoms with Crippen LogP contribution in [0.5, 0.6) is 0 Å². The van der Waals surface area contributed by atoms with Gasteiger partial charge in [0.2, 0.25) is 0 Å². The van der Waals surface area contributed by atoms with E-state index in [-0.39, 0.29) is 20.1 Å². The predicted molar refractivity (Wildman–Crippen MR) is 102 cm³/mol. The molecule has 4 nitrogen and oxygen atoms in total. The number of benzene rings is 3. The summed E-state index contributed by atoms with van der Waals surface area (Å²) >= 11 is 0. The number of alkyl halides is 3. The van der Waals surface area contributed by atoms with E-state index < -0.39 is 22.8 Å². The Balaban J connectivity index is 0.000000403. The summed E-state index contributed by atoms with van der Waals surface area (Å²) in [6.07, 6.45) is 0. The number of hydrogen-bond donors (Lipinski definition) is 1. The SMILES string of the molecule is O=P(c1[c-]cccc1)(c1ccccc1)c1ccccc1.O=S(=O)(O)C(F)(F)F.[Ir]. The Morgan fingerprint density at radius 3 is 1.48 bits per heavy atom. The fraction of sp³-hybridized carbons (Fsp3) is 0.0526. The number of hydrogen-bond acceptors (Lipinski definition) is 3. The van der Waals surface area contributed by atoms with Gasteiger partial charge in [0.05, 0.1) is 0 Å². The Morgan fingerprint density at radius 1 is 0.793 bits per heavy atom. The normalized spacial score (nSPS) is 11.6. The Kier molecular flexibility index (Phi) is 9.00. The maximum absolute atomic E-state index is 13.8. The smallest absolute Gasteiger partial charge is 0.311 e. The molecule has 0 amide bonds. The van der Waals surface area contributed by atoms with E-state index in [4.69, 9.17) is 13.0 Å². The topological polar surface area (TPSA) is 71.4 Å². The second-order valence-electron chi connectivity index (χ2n) is 5.45. The van der Waals surface area contributed by atoms with Crippen LogP contribution in [0.4, 0.5) is 13.2 Å². The van der Waals surface area contributed by atoms with Gasteiger partial charge >= 0.3 is 15.6 Å². The van der Waals surface area contributed by atoms with Gasteiger partial charge in [-0.2, -0.15) is 51.9 Å². The maximum atomic E-state index is 13.8. The summed E-state index contributed by atoms with van der Waals surface area (Å²) in [6.45, 7) is 0. The van der Waals surface area contributed by atoms with Crippen LogP contribution in [0.15, 0.2) is 84.9 Å². The van der Waals surface area contributed by atoms with E-state index in [9.17, 15) is 17.7 Å². The van der Waals surface area contributed by atoms with Gasteiger partial charge in [-0.25, -0.2) is 0 Å². The average Bonchev–Trinajstić information content (AvgIpc) is 2.68. The molecule has 0 fully saturated rings. The minimum Gasteiger partial charge on any atom is -0.311 e. The van der Waals surface area contributed by atoms with Crippen LogP contribution in [0.25, 0.3) is 0 Å². The van der Waals surface area contributed by atoms with Crippen LogP contribution in [0.1, 0.15) is 0 Å². The molecular formula is C19H15F3IrO4PS-. The third-order valence-corrected chi connectivity index (χ3v) is 7.16. The molecule has 0 aliphatic carbocycles. The molecule has 10 heteroatoms. The molecule has 3 aromatic rings. The number of rotatable bonds is 3. The van der Waals surface area contributed by atoms with E-state index in [0.29, 0.717) is 0 Å². The van der Waals surface area contributed by atoms with E-state index in [1.165, 1.54) is 0 Å². The quantitative estimate of drug-likeness (QED) is 0.211. The molecule has 0 unspecified atom stereocenters. The molecule has 0 aromatic heterocycles. The summed E-state index contributed by atoms with van der Waals surface area (Å²) in [7, 11) is -8.67. The van der Waals surface area contributed by atoms with Crippen molar-refractivity contribution in [3.8, 4) is 0 Å². The minimum absolute atomic E-state index is 0. The van der Waals surface area contributed by atoms with Gasteiger partial charge in [0.1, 0.15) is 7.14 Å². The third kappa shape index (κ3) is 6.36. The van der Waals surface area contributed by atoms with Crippen LogP contribution in [0, 0.1) is 6.07 Å². The molecule has 1 N–H and O–H groups in total. The average molecular weight is 620 g/mol. The van der Waals surface area contributed by atoms with Crippen molar-refractivity contribution in [1.29, 1.82) is 0 Å². The first-order chi connectivity index (χ1) is 13.1. The van der Waals surface area contributed by atoms with E-state index in [0.717, 1.165) is 15.9 Å². The Labute approximate surface area is 180 Å². The second kappa shape index (κ2) is 10.3. The van der Waals surface area contributed by atoms with Crippen LogP contribution in [-0.4, -0.2) is 18.5 Å². The molecule has 0 bridgehead atoms. The van der Waals surface area contributed by atoms with Gasteiger partial charge in [0.25, 0.3) is 0 Å². The number of halogens is 3. The van der Waals surface area contributed by atoms with E-state index in [1.807, 2.05) is 84.9 Å². The molecule has 29 heavy (non-hydrogen) atoms. The van der Waals surface area contributed by atoms with Gasteiger partial charge in [0, 0.05) is 30.7 Å². The monoisotopic (exact) mass is 620 g/mol. The van der Waals surface area contributed by atoms with Crippen molar-refractivity contribution >= 4 is 33.2 Å². The Hall–Kier alpha value is -1.76. The minimum atomic E-state index is -5.84. The van der Waals surface area contributed by atoms with Crippen LogP contribution < -0.4 is 15.9 Å². The van der Waals surface area contributed by atoms with Gasteiger partial charge in [0.15, 0.2) is 0 Å². The zero-order chi connectivity index (χ0) is 20.8. The molecule has 0 saturated carbocycles. The molecule has 1 radical (unpaired) electrons. The predicted octanol–water partition coefficient (Wildman–Crippen LogP) is 3.52. The van der Waals surface area contributed by atoms with E-state index in [2.05, 4.69) is 6.07 Å². The molecule has 0 heterocycles. The van der Waals surface area contributed by atoms with Crippen molar-refractivity contribution < 1.29 is 50.8 Å². The molecule has 0 aliphatic heterocycles. The molecule has 0 saturated heterocycles. The van der Waals surface area contributed by atoms with Gasteiger partial charge < -0.3 is 4.57 Å². The van der Waals surface area contributed by atoms with Crippen molar-refractivity contribution in [3.63, 3.8) is 0 Å². The molecule has 3 aromatic carbocycles. The summed E-state index contributed by atoms with van der Waals surface area (Å²) in [4.78, 5) is 0. The first kappa shape index (κ1) is 25.3. The van der Waals surface area contributed by atoms with E-state index in [1.54, 1.807) is 0 Å². The molecular weight excluding hydrogens is 604 g/mol. The maximum Gasteiger partial charge on any atom is 0.522 e. The summed E-state index contributed by atoms with van der Waals surface area (Å²) in [5.41, 5.74) is -5.53. The standard InChI is InChI=1S/C18H14OP.CHF3O3S.Ir/c19-20(16-10-4-1-5-11-16,17-12-6-2-7-13-17)18-14-8-3-9-15-18;2-1(3,4)8(5,6)7;/h1-14H;(H,5,6,7);/q-1;;.